The monoisotopic (exact) mass is 382 g/mol. The van der Waals surface area contributed by atoms with Crippen molar-refractivity contribution < 1.29 is 18.7 Å². The molecule has 0 bridgehead atoms. The Balaban J connectivity index is 0.00000338. The smallest absolute Gasteiger partial charge is 0.254 e. The van der Waals surface area contributed by atoms with Gasteiger partial charge in [0.2, 0.25) is 0 Å². The molecule has 0 unspecified atom stereocenters. The maximum Gasteiger partial charge on any atom is 0.254 e. The van der Waals surface area contributed by atoms with Gasteiger partial charge >= 0.3 is 0 Å². The largest absolute Gasteiger partial charge is 0.492 e. The van der Waals surface area contributed by atoms with Gasteiger partial charge in [0.15, 0.2) is 0 Å². The van der Waals surface area contributed by atoms with Crippen molar-refractivity contribution in [3.63, 3.8) is 0 Å². The van der Waals surface area contributed by atoms with E-state index < -0.39 is 0 Å². The molecule has 2 aromatic rings. The molecule has 2 N–H and O–H groups in total. The molecule has 0 radical (unpaired) electrons. The Kier molecular flexibility index (Phi) is 9.65. The lowest BCUT2D eigenvalue weighted by Crippen LogP contribution is -2.37. The molecule has 0 fully saturated rings. The van der Waals surface area contributed by atoms with E-state index in [-0.39, 0.29) is 24.1 Å². The zero-order valence-corrected chi connectivity index (χ0v) is 15.5. The summed E-state index contributed by atoms with van der Waals surface area (Å²) in [5.41, 5.74) is 7.14. The normalized spacial score (nSPS) is 10.1. The highest BCUT2D eigenvalue weighted by molar-refractivity contribution is 5.94. The fourth-order valence-electron chi connectivity index (χ4n) is 2.29. The van der Waals surface area contributed by atoms with Gasteiger partial charge in [0.1, 0.15) is 18.2 Å². The minimum atomic E-state index is -0.315. The van der Waals surface area contributed by atoms with Gasteiger partial charge in [0.05, 0.1) is 13.2 Å². The molecule has 1 amide bonds. The molecule has 2 aromatic carbocycles. The number of hydrogen-bond donors (Lipinski definition) is 1. The molecule has 7 heteroatoms. The fraction of sp³-hybridized carbons (Fsp3) is 0.316. The van der Waals surface area contributed by atoms with Gasteiger partial charge in [-0.25, -0.2) is 4.39 Å². The number of benzene rings is 2. The van der Waals surface area contributed by atoms with Crippen LogP contribution in [0, 0.1) is 5.82 Å². The predicted molar refractivity (Wildman–Crippen MR) is 101 cm³/mol. The summed E-state index contributed by atoms with van der Waals surface area (Å²) in [7, 11) is 1.59. The quantitative estimate of drug-likeness (QED) is 0.724. The van der Waals surface area contributed by atoms with Crippen molar-refractivity contribution in [2.45, 2.75) is 6.54 Å². The third-order valence-electron chi connectivity index (χ3n) is 3.73. The number of methoxy groups -OCH3 is 1. The van der Waals surface area contributed by atoms with Crippen molar-refractivity contribution >= 4 is 18.3 Å². The lowest BCUT2D eigenvalue weighted by atomic mass is 10.1. The minimum absolute atomic E-state index is 0. The van der Waals surface area contributed by atoms with Crippen LogP contribution in [0.3, 0.4) is 0 Å². The van der Waals surface area contributed by atoms with Crippen LogP contribution in [0.15, 0.2) is 48.5 Å². The maximum atomic E-state index is 12.9. The topological polar surface area (TPSA) is 64.8 Å². The Bertz CT molecular complexity index is 665. The van der Waals surface area contributed by atoms with Crippen molar-refractivity contribution in [3.05, 3.63) is 65.5 Å². The zero-order chi connectivity index (χ0) is 18.1. The van der Waals surface area contributed by atoms with E-state index in [0.29, 0.717) is 44.2 Å². The molecule has 0 saturated carbocycles. The molecule has 5 nitrogen and oxygen atoms in total. The lowest BCUT2D eigenvalue weighted by Gasteiger charge is -2.22. The summed E-state index contributed by atoms with van der Waals surface area (Å²) < 4.78 is 23.5. The van der Waals surface area contributed by atoms with Crippen molar-refractivity contribution in [2.24, 2.45) is 5.73 Å². The van der Waals surface area contributed by atoms with E-state index in [4.69, 9.17) is 15.2 Å². The van der Waals surface area contributed by atoms with Crippen LogP contribution >= 0.6 is 12.4 Å². The summed E-state index contributed by atoms with van der Waals surface area (Å²) in [6, 6.07) is 13.0. The van der Waals surface area contributed by atoms with Gasteiger partial charge in [-0.05, 0) is 42.0 Å². The van der Waals surface area contributed by atoms with E-state index in [2.05, 4.69) is 0 Å². The Labute approximate surface area is 159 Å². The number of nitrogens with two attached hydrogens (primary N) is 1. The molecule has 2 rings (SSSR count). The van der Waals surface area contributed by atoms with Crippen LogP contribution < -0.4 is 10.5 Å². The van der Waals surface area contributed by atoms with Crippen LogP contribution in [0.25, 0.3) is 0 Å². The molecule has 26 heavy (non-hydrogen) atoms. The predicted octanol–water partition coefficient (Wildman–Crippen LogP) is 2.87. The number of amides is 1. The first-order valence-electron chi connectivity index (χ1n) is 8.09. The summed E-state index contributed by atoms with van der Waals surface area (Å²) in [5, 5.41) is 0. The number of nitrogens with zero attached hydrogens (tertiary/aromatic N) is 1. The molecule has 0 spiro atoms. The molecule has 0 aromatic heterocycles. The molecule has 0 heterocycles. The number of rotatable bonds is 9. The van der Waals surface area contributed by atoms with Crippen LogP contribution in [0.1, 0.15) is 15.9 Å². The van der Waals surface area contributed by atoms with Gasteiger partial charge in [0, 0.05) is 25.8 Å². The zero-order valence-electron chi connectivity index (χ0n) is 14.7. The van der Waals surface area contributed by atoms with Gasteiger partial charge in [-0.1, -0.05) is 12.1 Å². The average molecular weight is 383 g/mol. The summed E-state index contributed by atoms with van der Waals surface area (Å²) in [5.74, 6) is 0.154. The van der Waals surface area contributed by atoms with Gasteiger partial charge in [0.25, 0.3) is 5.91 Å². The molecule has 0 saturated heterocycles. The van der Waals surface area contributed by atoms with Gasteiger partial charge in [-0.2, -0.15) is 0 Å². The van der Waals surface area contributed by atoms with Crippen molar-refractivity contribution in [2.75, 3.05) is 33.4 Å². The van der Waals surface area contributed by atoms with Crippen LogP contribution in [-0.4, -0.2) is 44.2 Å². The summed E-state index contributed by atoms with van der Waals surface area (Å²) >= 11 is 0. The summed E-state index contributed by atoms with van der Waals surface area (Å²) in [6.45, 7) is 2.04. The lowest BCUT2D eigenvalue weighted by molar-refractivity contribution is 0.0665. The molecule has 142 valence electrons. The number of carbonyl (C=O) groups excluding carboxylic acids is 1. The number of carbonyl (C=O) groups is 1. The summed E-state index contributed by atoms with van der Waals surface area (Å²) in [4.78, 5) is 14.3. The first kappa shape index (κ1) is 21.9. The van der Waals surface area contributed by atoms with E-state index in [1.54, 1.807) is 36.3 Å². The average Bonchev–Trinajstić information content (AvgIpc) is 2.65. The van der Waals surface area contributed by atoms with Crippen LogP contribution in [0.4, 0.5) is 4.39 Å². The first-order valence-corrected chi connectivity index (χ1v) is 8.09. The van der Waals surface area contributed by atoms with Gasteiger partial charge < -0.3 is 20.1 Å². The molecule has 0 aliphatic carbocycles. The second kappa shape index (κ2) is 11.5. The SMILES string of the molecule is COCCN(CCOc1ccc(F)cc1)C(=O)c1ccc(CN)cc1.Cl. The fourth-order valence-corrected chi connectivity index (χ4v) is 2.29. The molecule has 0 aliphatic heterocycles. The van der Waals surface area contributed by atoms with E-state index in [1.807, 2.05) is 12.1 Å². The second-order valence-electron chi connectivity index (χ2n) is 5.49. The third-order valence-corrected chi connectivity index (χ3v) is 3.73. The number of hydrogen-bond acceptors (Lipinski definition) is 4. The third kappa shape index (κ3) is 6.63. The highest BCUT2D eigenvalue weighted by Gasteiger charge is 2.15. The van der Waals surface area contributed by atoms with Crippen molar-refractivity contribution in [3.8, 4) is 5.75 Å². The van der Waals surface area contributed by atoms with E-state index in [1.165, 1.54) is 12.1 Å². The highest BCUT2D eigenvalue weighted by Crippen LogP contribution is 2.12. The van der Waals surface area contributed by atoms with E-state index in [9.17, 15) is 9.18 Å². The number of ether oxygens (including phenoxy) is 2. The second-order valence-corrected chi connectivity index (χ2v) is 5.49. The molecular formula is C19H24ClFN2O3. The van der Waals surface area contributed by atoms with Gasteiger partial charge in [-0.3, -0.25) is 4.79 Å². The van der Waals surface area contributed by atoms with Crippen LogP contribution in [0.2, 0.25) is 0 Å². The van der Waals surface area contributed by atoms with Gasteiger partial charge in [-0.15, -0.1) is 12.4 Å². The standard InChI is InChI=1S/C19H23FN2O3.ClH/c1-24-12-10-22(11-13-25-18-8-6-17(20)7-9-18)19(23)16-4-2-15(14-21)3-5-16;/h2-9H,10-14,21H2,1H3;1H. The Morgan fingerprint density at radius 3 is 2.23 bits per heavy atom. The minimum Gasteiger partial charge on any atom is -0.492 e. The Morgan fingerprint density at radius 1 is 1.04 bits per heavy atom. The Hall–Kier alpha value is -2.15. The van der Waals surface area contributed by atoms with Crippen molar-refractivity contribution in [1.29, 1.82) is 0 Å². The highest BCUT2D eigenvalue weighted by atomic mass is 35.5. The van der Waals surface area contributed by atoms with E-state index in [0.717, 1.165) is 5.56 Å². The van der Waals surface area contributed by atoms with Crippen LogP contribution in [0.5, 0.6) is 5.75 Å². The van der Waals surface area contributed by atoms with Crippen molar-refractivity contribution in [1.82, 2.24) is 4.90 Å². The Morgan fingerprint density at radius 2 is 1.65 bits per heavy atom. The number of halogens is 2. The van der Waals surface area contributed by atoms with E-state index >= 15 is 0 Å². The molecule has 0 atom stereocenters. The summed E-state index contributed by atoms with van der Waals surface area (Å²) in [6.07, 6.45) is 0. The maximum absolute atomic E-state index is 12.9. The molecular weight excluding hydrogens is 359 g/mol. The van der Waals surface area contributed by atoms with Crippen LogP contribution in [-0.2, 0) is 11.3 Å². The molecule has 0 aliphatic rings. The first-order chi connectivity index (χ1) is 12.1.